The number of aromatic nitrogens is 2. The van der Waals surface area contributed by atoms with Gasteiger partial charge in [0.1, 0.15) is 6.10 Å². The number of para-hydroxylation sites is 1. The van der Waals surface area contributed by atoms with Crippen LogP contribution in [0.1, 0.15) is 16.1 Å². The van der Waals surface area contributed by atoms with Crippen molar-refractivity contribution >= 4 is 27.5 Å². The molecule has 3 aromatic rings. The molecular weight excluding hydrogens is 302 g/mol. The second kappa shape index (κ2) is 5.10. The summed E-state index contributed by atoms with van der Waals surface area (Å²) in [6, 6.07) is 7.65. The van der Waals surface area contributed by atoms with E-state index in [-0.39, 0.29) is 17.8 Å². The molecular formula is C15H13N3O3S. The first-order valence-electron chi connectivity index (χ1n) is 6.93. The Morgan fingerprint density at radius 3 is 3.00 bits per heavy atom. The standard InChI is InChI=1S/C15H13N3O3S/c1-9-3-2-4-12-13(9)17-15(22-12)20-10-7-18(8-10)14(19)11-5-6-16-21-11/h2-6,10H,7-8H2,1H3. The lowest BCUT2D eigenvalue weighted by Gasteiger charge is -2.37. The van der Waals surface area contributed by atoms with Crippen LogP contribution in [-0.4, -0.2) is 40.1 Å². The quantitative estimate of drug-likeness (QED) is 0.743. The molecule has 0 spiro atoms. The van der Waals surface area contributed by atoms with Gasteiger partial charge in [-0.3, -0.25) is 4.79 Å². The number of fused-ring (bicyclic) bond motifs is 1. The van der Waals surface area contributed by atoms with Crippen LogP contribution in [0.4, 0.5) is 0 Å². The Kier molecular flexibility index (Phi) is 3.07. The third kappa shape index (κ3) is 2.23. The number of carbonyl (C=O) groups excluding carboxylic acids is 1. The third-order valence-corrected chi connectivity index (χ3v) is 4.56. The van der Waals surface area contributed by atoms with E-state index in [1.807, 2.05) is 25.1 Å². The smallest absolute Gasteiger partial charge is 0.292 e. The van der Waals surface area contributed by atoms with Gasteiger partial charge in [-0.15, -0.1) is 0 Å². The second-order valence-corrected chi connectivity index (χ2v) is 6.22. The van der Waals surface area contributed by atoms with Crippen LogP contribution in [-0.2, 0) is 0 Å². The first-order chi connectivity index (χ1) is 10.7. The van der Waals surface area contributed by atoms with E-state index < -0.39 is 0 Å². The van der Waals surface area contributed by atoms with E-state index in [0.717, 1.165) is 15.8 Å². The van der Waals surface area contributed by atoms with Gasteiger partial charge in [0.2, 0.25) is 5.76 Å². The molecule has 3 heterocycles. The van der Waals surface area contributed by atoms with Crippen molar-refractivity contribution in [2.75, 3.05) is 13.1 Å². The maximum absolute atomic E-state index is 12.0. The van der Waals surface area contributed by atoms with E-state index in [4.69, 9.17) is 9.26 Å². The number of hydrogen-bond donors (Lipinski definition) is 0. The molecule has 0 aliphatic carbocycles. The minimum Gasteiger partial charge on any atom is -0.463 e. The number of ether oxygens (including phenoxy) is 1. The molecule has 0 unspecified atom stereocenters. The molecule has 0 radical (unpaired) electrons. The van der Waals surface area contributed by atoms with Crippen LogP contribution in [0.5, 0.6) is 5.19 Å². The number of thiazole rings is 1. The number of aryl methyl sites for hydroxylation is 1. The fourth-order valence-corrected chi connectivity index (χ4v) is 3.38. The Bertz CT molecular complexity index is 822. The number of rotatable bonds is 3. The molecule has 0 bridgehead atoms. The van der Waals surface area contributed by atoms with Gasteiger partial charge in [0, 0.05) is 6.07 Å². The number of amides is 1. The highest BCUT2D eigenvalue weighted by molar-refractivity contribution is 7.20. The van der Waals surface area contributed by atoms with Crippen LogP contribution < -0.4 is 4.74 Å². The lowest BCUT2D eigenvalue weighted by molar-refractivity contribution is 0.0149. The van der Waals surface area contributed by atoms with Crippen molar-refractivity contribution in [1.29, 1.82) is 0 Å². The predicted octanol–water partition coefficient (Wildman–Crippen LogP) is 2.50. The van der Waals surface area contributed by atoms with Crippen molar-refractivity contribution in [2.45, 2.75) is 13.0 Å². The molecule has 0 saturated carbocycles. The molecule has 112 valence electrons. The topological polar surface area (TPSA) is 68.5 Å². The van der Waals surface area contributed by atoms with E-state index in [2.05, 4.69) is 10.1 Å². The van der Waals surface area contributed by atoms with E-state index in [1.54, 1.807) is 11.0 Å². The number of carbonyl (C=O) groups is 1. The molecule has 0 atom stereocenters. The van der Waals surface area contributed by atoms with E-state index in [1.165, 1.54) is 17.5 Å². The average molecular weight is 315 g/mol. The molecule has 1 fully saturated rings. The Morgan fingerprint density at radius 1 is 1.41 bits per heavy atom. The van der Waals surface area contributed by atoms with Gasteiger partial charge in [-0.25, -0.2) is 4.98 Å². The van der Waals surface area contributed by atoms with Gasteiger partial charge >= 0.3 is 0 Å². The molecule has 1 aromatic carbocycles. The molecule has 0 N–H and O–H groups in total. The maximum atomic E-state index is 12.0. The Hall–Kier alpha value is -2.41. The summed E-state index contributed by atoms with van der Waals surface area (Å²) in [4.78, 5) is 18.2. The molecule has 4 rings (SSSR count). The van der Waals surface area contributed by atoms with Gasteiger partial charge in [-0.1, -0.05) is 28.6 Å². The number of likely N-dealkylation sites (tertiary alicyclic amines) is 1. The highest BCUT2D eigenvalue weighted by Gasteiger charge is 2.34. The monoisotopic (exact) mass is 315 g/mol. The molecule has 1 saturated heterocycles. The van der Waals surface area contributed by atoms with E-state index >= 15 is 0 Å². The summed E-state index contributed by atoms with van der Waals surface area (Å²) in [7, 11) is 0. The highest BCUT2D eigenvalue weighted by atomic mass is 32.1. The number of nitrogens with zero attached hydrogens (tertiary/aromatic N) is 3. The summed E-state index contributed by atoms with van der Waals surface area (Å²) in [5.74, 6) is 0.103. The number of benzene rings is 1. The summed E-state index contributed by atoms with van der Waals surface area (Å²) in [5.41, 5.74) is 2.12. The van der Waals surface area contributed by atoms with Gasteiger partial charge in [0.15, 0.2) is 0 Å². The van der Waals surface area contributed by atoms with Crippen molar-refractivity contribution in [2.24, 2.45) is 0 Å². The van der Waals surface area contributed by atoms with Crippen molar-refractivity contribution in [3.8, 4) is 5.19 Å². The van der Waals surface area contributed by atoms with Crippen LogP contribution >= 0.6 is 11.3 Å². The Labute approximate surface area is 130 Å². The fraction of sp³-hybridized carbons (Fsp3) is 0.267. The molecule has 1 amide bonds. The second-order valence-electron chi connectivity index (χ2n) is 5.23. The van der Waals surface area contributed by atoms with Crippen molar-refractivity contribution in [1.82, 2.24) is 15.0 Å². The fourth-order valence-electron chi connectivity index (χ4n) is 2.42. The molecule has 1 aliphatic heterocycles. The zero-order chi connectivity index (χ0) is 15.1. The summed E-state index contributed by atoms with van der Waals surface area (Å²) in [5, 5.41) is 4.20. The largest absolute Gasteiger partial charge is 0.463 e. The molecule has 7 heteroatoms. The van der Waals surface area contributed by atoms with Crippen molar-refractivity contribution < 1.29 is 14.1 Å². The Morgan fingerprint density at radius 2 is 2.27 bits per heavy atom. The van der Waals surface area contributed by atoms with Crippen LogP contribution in [0.25, 0.3) is 10.2 Å². The molecule has 6 nitrogen and oxygen atoms in total. The zero-order valence-electron chi connectivity index (χ0n) is 11.9. The van der Waals surface area contributed by atoms with E-state index in [9.17, 15) is 4.79 Å². The lowest BCUT2D eigenvalue weighted by atomic mass is 10.1. The summed E-state index contributed by atoms with van der Waals surface area (Å²) < 4.78 is 11.8. The van der Waals surface area contributed by atoms with Crippen molar-refractivity contribution in [3.05, 3.63) is 41.8 Å². The van der Waals surface area contributed by atoms with Gasteiger partial charge in [0.05, 0.1) is 29.5 Å². The van der Waals surface area contributed by atoms with Crippen molar-refractivity contribution in [3.63, 3.8) is 0 Å². The minimum atomic E-state index is -0.155. The summed E-state index contributed by atoms with van der Waals surface area (Å²) in [6.45, 7) is 3.11. The van der Waals surface area contributed by atoms with Crippen LogP contribution in [0, 0.1) is 6.92 Å². The molecule has 22 heavy (non-hydrogen) atoms. The first kappa shape index (κ1) is 13.3. The Balaban J connectivity index is 1.41. The van der Waals surface area contributed by atoms with Gasteiger partial charge in [-0.05, 0) is 18.6 Å². The summed E-state index contributed by atoms with van der Waals surface area (Å²) >= 11 is 1.53. The minimum absolute atomic E-state index is 0.0206. The zero-order valence-corrected chi connectivity index (χ0v) is 12.7. The molecule has 2 aromatic heterocycles. The number of hydrogen-bond acceptors (Lipinski definition) is 6. The molecule has 1 aliphatic rings. The van der Waals surface area contributed by atoms with Crippen LogP contribution in [0.2, 0.25) is 0 Å². The highest BCUT2D eigenvalue weighted by Crippen LogP contribution is 2.31. The summed E-state index contributed by atoms with van der Waals surface area (Å²) in [6.07, 6.45) is 1.44. The van der Waals surface area contributed by atoms with Gasteiger partial charge in [0.25, 0.3) is 11.1 Å². The van der Waals surface area contributed by atoms with Crippen LogP contribution in [0.3, 0.4) is 0 Å². The maximum Gasteiger partial charge on any atom is 0.292 e. The van der Waals surface area contributed by atoms with E-state index in [0.29, 0.717) is 18.3 Å². The first-order valence-corrected chi connectivity index (χ1v) is 7.75. The van der Waals surface area contributed by atoms with Gasteiger partial charge < -0.3 is 14.2 Å². The normalized spacial score (nSPS) is 15.0. The lowest BCUT2D eigenvalue weighted by Crippen LogP contribution is -2.56. The van der Waals surface area contributed by atoms with Crippen LogP contribution in [0.15, 0.2) is 35.0 Å². The predicted molar refractivity (Wildman–Crippen MR) is 81.2 cm³/mol. The van der Waals surface area contributed by atoms with Gasteiger partial charge in [-0.2, -0.15) is 0 Å². The third-order valence-electron chi connectivity index (χ3n) is 3.65. The average Bonchev–Trinajstić information content (AvgIpc) is 3.11. The SMILES string of the molecule is Cc1cccc2sc(OC3CN(C(=O)c4ccno4)C3)nc12.